The zero-order valence-corrected chi connectivity index (χ0v) is 12.2. The highest BCUT2D eigenvalue weighted by atomic mass is 79.9. The third-order valence-corrected chi connectivity index (χ3v) is 3.55. The van der Waals surface area contributed by atoms with Gasteiger partial charge in [0.2, 0.25) is 0 Å². The first-order chi connectivity index (χ1) is 8.72. The Morgan fingerprint density at radius 3 is 3.00 bits per heavy atom. The molecule has 1 aromatic carbocycles. The third-order valence-electron chi connectivity index (χ3n) is 2.86. The minimum atomic E-state index is 0.331. The molecule has 0 spiro atoms. The number of ether oxygens (including phenoxy) is 1. The Morgan fingerprint density at radius 1 is 1.39 bits per heavy atom. The molecule has 96 valence electrons. The Balaban J connectivity index is 2.21. The van der Waals surface area contributed by atoms with Crippen molar-refractivity contribution in [1.29, 1.82) is 0 Å². The quantitative estimate of drug-likeness (QED) is 0.921. The molecule has 0 fully saturated rings. The first-order valence-electron chi connectivity index (χ1n) is 5.97. The molecule has 2 aromatic rings. The average Bonchev–Trinajstić information content (AvgIpc) is 2.39. The van der Waals surface area contributed by atoms with E-state index in [1.54, 1.807) is 7.11 Å². The van der Waals surface area contributed by atoms with Gasteiger partial charge in [0.1, 0.15) is 0 Å². The molecule has 1 atom stereocenters. The lowest BCUT2D eigenvalue weighted by Crippen LogP contribution is -2.29. The highest BCUT2D eigenvalue weighted by molar-refractivity contribution is 9.10. The second-order valence-electron chi connectivity index (χ2n) is 4.34. The number of nitrogens with zero attached hydrogens (tertiary/aromatic N) is 1. The molecule has 1 heterocycles. The van der Waals surface area contributed by atoms with Crippen LogP contribution in [-0.2, 0) is 11.3 Å². The second kappa shape index (κ2) is 6.27. The summed E-state index contributed by atoms with van der Waals surface area (Å²) in [6, 6.07) is 8.54. The minimum Gasteiger partial charge on any atom is -0.383 e. The van der Waals surface area contributed by atoms with Gasteiger partial charge in [0.15, 0.2) is 0 Å². The van der Waals surface area contributed by atoms with Gasteiger partial charge in [-0.1, -0.05) is 28.1 Å². The molecular weight excluding hydrogens is 292 g/mol. The van der Waals surface area contributed by atoms with Crippen LogP contribution in [0.1, 0.15) is 12.5 Å². The van der Waals surface area contributed by atoms with E-state index in [0.29, 0.717) is 12.6 Å². The van der Waals surface area contributed by atoms with Crippen molar-refractivity contribution in [3.63, 3.8) is 0 Å². The molecule has 0 aliphatic heterocycles. The molecular formula is C14H17BrN2O. The Morgan fingerprint density at radius 2 is 2.22 bits per heavy atom. The van der Waals surface area contributed by atoms with E-state index in [4.69, 9.17) is 4.74 Å². The zero-order chi connectivity index (χ0) is 13.0. The molecule has 0 saturated carbocycles. The van der Waals surface area contributed by atoms with Crippen molar-refractivity contribution in [3.8, 4) is 0 Å². The first-order valence-corrected chi connectivity index (χ1v) is 6.76. The monoisotopic (exact) mass is 308 g/mol. The Kier molecular flexibility index (Phi) is 4.69. The number of aromatic nitrogens is 1. The number of nitrogens with one attached hydrogen (secondary N) is 1. The van der Waals surface area contributed by atoms with Crippen LogP contribution in [0.25, 0.3) is 10.9 Å². The van der Waals surface area contributed by atoms with Gasteiger partial charge < -0.3 is 10.1 Å². The zero-order valence-electron chi connectivity index (χ0n) is 10.6. The van der Waals surface area contributed by atoms with Crippen molar-refractivity contribution >= 4 is 26.8 Å². The van der Waals surface area contributed by atoms with Gasteiger partial charge in [-0.2, -0.15) is 0 Å². The minimum absolute atomic E-state index is 0.331. The summed E-state index contributed by atoms with van der Waals surface area (Å²) in [5.41, 5.74) is 2.25. The molecule has 0 radical (unpaired) electrons. The van der Waals surface area contributed by atoms with Crippen LogP contribution in [-0.4, -0.2) is 24.7 Å². The molecule has 0 aliphatic carbocycles. The van der Waals surface area contributed by atoms with Crippen molar-refractivity contribution in [1.82, 2.24) is 10.3 Å². The third kappa shape index (κ3) is 3.07. The highest BCUT2D eigenvalue weighted by Gasteiger charge is 2.06. The highest BCUT2D eigenvalue weighted by Crippen LogP contribution is 2.25. The number of hydrogen-bond donors (Lipinski definition) is 1. The van der Waals surface area contributed by atoms with Crippen LogP contribution in [0.3, 0.4) is 0 Å². The number of halogens is 1. The van der Waals surface area contributed by atoms with E-state index in [1.807, 2.05) is 12.3 Å². The number of rotatable bonds is 5. The molecule has 4 heteroatoms. The number of hydrogen-bond acceptors (Lipinski definition) is 3. The lowest BCUT2D eigenvalue weighted by molar-refractivity contribution is 0.172. The maximum atomic E-state index is 5.11. The molecule has 1 aromatic heterocycles. The maximum Gasteiger partial charge on any atom is 0.0758 e. The summed E-state index contributed by atoms with van der Waals surface area (Å²) < 4.78 is 6.20. The van der Waals surface area contributed by atoms with Gasteiger partial charge in [-0.25, -0.2) is 0 Å². The molecule has 0 saturated heterocycles. The first kappa shape index (κ1) is 13.5. The van der Waals surface area contributed by atoms with Gasteiger partial charge >= 0.3 is 0 Å². The molecule has 18 heavy (non-hydrogen) atoms. The van der Waals surface area contributed by atoms with Crippen LogP contribution in [0.2, 0.25) is 0 Å². The second-order valence-corrected chi connectivity index (χ2v) is 5.20. The Bertz CT molecular complexity index is 530. The molecule has 1 N–H and O–H groups in total. The van der Waals surface area contributed by atoms with E-state index < -0.39 is 0 Å². The SMILES string of the molecule is COC[C@H](C)NCc1ccc(Br)c2cccnc12. The van der Waals surface area contributed by atoms with Crippen molar-refractivity contribution in [2.75, 3.05) is 13.7 Å². The number of pyridine rings is 1. The van der Waals surface area contributed by atoms with Crippen molar-refractivity contribution < 1.29 is 4.74 Å². The molecule has 0 unspecified atom stereocenters. The normalized spacial score (nSPS) is 12.8. The fraction of sp³-hybridized carbons (Fsp3) is 0.357. The predicted octanol–water partition coefficient (Wildman–Crippen LogP) is 3.12. The van der Waals surface area contributed by atoms with Gasteiger partial charge in [0.05, 0.1) is 12.1 Å². The van der Waals surface area contributed by atoms with E-state index in [1.165, 1.54) is 5.56 Å². The summed E-state index contributed by atoms with van der Waals surface area (Å²) in [6.07, 6.45) is 1.83. The van der Waals surface area contributed by atoms with E-state index >= 15 is 0 Å². The van der Waals surface area contributed by atoms with Crippen molar-refractivity contribution in [2.24, 2.45) is 0 Å². The lowest BCUT2D eigenvalue weighted by atomic mass is 10.1. The Hall–Kier alpha value is -0.970. The van der Waals surface area contributed by atoms with Gasteiger partial charge in [-0.05, 0) is 24.6 Å². The number of fused-ring (bicyclic) bond motifs is 1. The van der Waals surface area contributed by atoms with Crippen LogP contribution >= 0.6 is 15.9 Å². The number of benzene rings is 1. The predicted molar refractivity (Wildman–Crippen MR) is 77.6 cm³/mol. The lowest BCUT2D eigenvalue weighted by Gasteiger charge is -2.14. The van der Waals surface area contributed by atoms with E-state index in [0.717, 1.165) is 21.9 Å². The van der Waals surface area contributed by atoms with Crippen LogP contribution in [0.15, 0.2) is 34.9 Å². The summed E-state index contributed by atoms with van der Waals surface area (Å²) >= 11 is 3.56. The van der Waals surface area contributed by atoms with Crippen LogP contribution in [0.4, 0.5) is 0 Å². The average molecular weight is 309 g/mol. The topological polar surface area (TPSA) is 34.1 Å². The fourth-order valence-electron chi connectivity index (χ4n) is 1.93. The molecule has 3 nitrogen and oxygen atoms in total. The number of methoxy groups -OCH3 is 1. The van der Waals surface area contributed by atoms with E-state index in [9.17, 15) is 0 Å². The maximum absolute atomic E-state index is 5.11. The molecule has 2 rings (SSSR count). The van der Waals surface area contributed by atoms with Crippen LogP contribution < -0.4 is 5.32 Å². The molecule has 0 aliphatic rings. The fourth-order valence-corrected chi connectivity index (χ4v) is 2.38. The van der Waals surface area contributed by atoms with Gasteiger partial charge in [0, 0.05) is 35.8 Å². The largest absolute Gasteiger partial charge is 0.383 e. The summed E-state index contributed by atoms with van der Waals surface area (Å²) in [5, 5.41) is 4.58. The van der Waals surface area contributed by atoms with E-state index in [-0.39, 0.29) is 0 Å². The summed E-state index contributed by atoms with van der Waals surface area (Å²) in [6.45, 7) is 3.62. The summed E-state index contributed by atoms with van der Waals surface area (Å²) in [4.78, 5) is 4.46. The van der Waals surface area contributed by atoms with Crippen LogP contribution in [0.5, 0.6) is 0 Å². The summed E-state index contributed by atoms with van der Waals surface area (Å²) in [5.74, 6) is 0. The summed E-state index contributed by atoms with van der Waals surface area (Å²) in [7, 11) is 1.72. The van der Waals surface area contributed by atoms with Crippen molar-refractivity contribution in [2.45, 2.75) is 19.5 Å². The van der Waals surface area contributed by atoms with E-state index in [2.05, 4.69) is 51.4 Å². The van der Waals surface area contributed by atoms with Gasteiger partial charge in [0.25, 0.3) is 0 Å². The standard InChI is InChI=1S/C14H17BrN2O/c1-10(9-18-2)17-8-11-5-6-13(15)12-4-3-7-16-14(11)12/h3-7,10,17H,8-9H2,1-2H3/t10-/m0/s1. The van der Waals surface area contributed by atoms with Crippen molar-refractivity contribution in [3.05, 3.63) is 40.5 Å². The van der Waals surface area contributed by atoms with Crippen LogP contribution in [0, 0.1) is 0 Å². The van der Waals surface area contributed by atoms with Gasteiger partial charge in [-0.15, -0.1) is 0 Å². The van der Waals surface area contributed by atoms with Gasteiger partial charge in [-0.3, -0.25) is 4.98 Å². The molecule has 0 bridgehead atoms. The molecule has 0 amide bonds. The Labute approximate surface area is 116 Å². The smallest absolute Gasteiger partial charge is 0.0758 e.